The van der Waals surface area contributed by atoms with Crippen LogP contribution in [0.5, 0.6) is 0 Å². The molecule has 0 fully saturated rings. The largest absolute Gasteiger partial charge is 0.480 e. The molecule has 0 unspecified atom stereocenters. The van der Waals surface area contributed by atoms with E-state index in [4.69, 9.17) is 5.11 Å². The first-order valence-electron chi connectivity index (χ1n) is 5.45. The van der Waals surface area contributed by atoms with Crippen molar-refractivity contribution in [2.24, 2.45) is 5.10 Å². The van der Waals surface area contributed by atoms with E-state index in [1.807, 2.05) is 0 Å². The first-order chi connectivity index (χ1) is 9.04. The second kappa shape index (κ2) is 5.29. The minimum absolute atomic E-state index is 0.213. The van der Waals surface area contributed by atoms with Crippen LogP contribution >= 0.6 is 0 Å². The van der Waals surface area contributed by atoms with Gasteiger partial charge in [0.2, 0.25) is 5.91 Å². The van der Waals surface area contributed by atoms with Gasteiger partial charge in [-0.15, -0.1) is 0 Å². The minimum atomic E-state index is -1.03. The number of hydrazone groups is 1. The molecular formula is C10H11N5O4. The fraction of sp³-hybridized carbons (Fsp3) is 0.300. The number of hydrogen-bond acceptors (Lipinski definition) is 5. The van der Waals surface area contributed by atoms with Gasteiger partial charge in [-0.2, -0.15) is 10.2 Å². The third kappa shape index (κ3) is 3.37. The van der Waals surface area contributed by atoms with Gasteiger partial charge in [0.25, 0.3) is 5.91 Å². The molecule has 1 aliphatic rings. The molecule has 3 N–H and O–H groups in total. The Hall–Kier alpha value is -2.71. The molecule has 1 aromatic rings. The maximum Gasteiger partial charge on any atom is 0.325 e. The number of rotatable bonds is 4. The van der Waals surface area contributed by atoms with E-state index in [1.54, 1.807) is 0 Å². The van der Waals surface area contributed by atoms with E-state index in [1.165, 1.54) is 17.1 Å². The molecule has 9 nitrogen and oxygen atoms in total. The third-order valence-electron chi connectivity index (χ3n) is 2.35. The first kappa shape index (κ1) is 12.7. The molecular weight excluding hydrogens is 254 g/mol. The molecule has 2 rings (SSSR count). The Morgan fingerprint density at radius 2 is 2.26 bits per heavy atom. The number of carboxylic acid groups (broad SMARTS) is 1. The molecule has 1 aromatic heterocycles. The Balaban J connectivity index is 1.97. The molecule has 0 atom stereocenters. The van der Waals surface area contributed by atoms with Crippen molar-refractivity contribution in [3.8, 4) is 0 Å². The van der Waals surface area contributed by atoms with Crippen LogP contribution in [-0.4, -0.2) is 38.4 Å². The van der Waals surface area contributed by atoms with E-state index in [0.717, 1.165) is 0 Å². The highest BCUT2D eigenvalue weighted by molar-refractivity contribution is 6.43. The fourth-order valence-electron chi connectivity index (χ4n) is 1.49. The minimum Gasteiger partial charge on any atom is -0.480 e. The predicted octanol–water partition coefficient (Wildman–Crippen LogP) is -0.828. The van der Waals surface area contributed by atoms with Crippen molar-refractivity contribution >= 4 is 29.2 Å². The van der Waals surface area contributed by atoms with Gasteiger partial charge >= 0.3 is 5.97 Å². The SMILES string of the molecule is O=C(O)Cn1cc(NC(=O)C2=NNC(=O)CC2)cn1. The smallest absolute Gasteiger partial charge is 0.325 e. The number of anilines is 1. The van der Waals surface area contributed by atoms with Crippen LogP contribution in [0.15, 0.2) is 17.5 Å². The fourth-order valence-corrected chi connectivity index (χ4v) is 1.49. The van der Waals surface area contributed by atoms with Gasteiger partial charge in [0.15, 0.2) is 0 Å². The molecule has 9 heteroatoms. The van der Waals surface area contributed by atoms with Crippen LogP contribution in [0, 0.1) is 0 Å². The summed E-state index contributed by atoms with van der Waals surface area (Å²) in [7, 11) is 0. The lowest BCUT2D eigenvalue weighted by Gasteiger charge is -2.10. The highest BCUT2D eigenvalue weighted by Gasteiger charge is 2.18. The van der Waals surface area contributed by atoms with Crippen molar-refractivity contribution in [3.63, 3.8) is 0 Å². The van der Waals surface area contributed by atoms with Crippen LogP contribution in [0.3, 0.4) is 0 Å². The van der Waals surface area contributed by atoms with Crippen molar-refractivity contribution in [2.75, 3.05) is 5.32 Å². The van der Waals surface area contributed by atoms with E-state index >= 15 is 0 Å². The summed E-state index contributed by atoms with van der Waals surface area (Å²) in [5.41, 5.74) is 2.80. The van der Waals surface area contributed by atoms with E-state index in [9.17, 15) is 14.4 Å². The maximum absolute atomic E-state index is 11.8. The van der Waals surface area contributed by atoms with Gasteiger partial charge in [0.05, 0.1) is 11.9 Å². The zero-order valence-electron chi connectivity index (χ0n) is 9.79. The van der Waals surface area contributed by atoms with Crippen molar-refractivity contribution in [1.82, 2.24) is 15.2 Å². The van der Waals surface area contributed by atoms with Crippen LogP contribution in [0.4, 0.5) is 5.69 Å². The molecule has 2 heterocycles. The van der Waals surface area contributed by atoms with Gasteiger partial charge in [-0.05, 0) is 0 Å². The zero-order chi connectivity index (χ0) is 13.8. The molecule has 0 aromatic carbocycles. The third-order valence-corrected chi connectivity index (χ3v) is 2.35. The Morgan fingerprint density at radius 1 is 1.47 bits per heavy atom. The summed E-state index contributed by atoms with van der Waals surface area (Å²) in [6.45, 7) is -0.285. The second-order valence-corrected chi connectivity index (χ2v) is 3.87. The normalized spacial score (nSPS) is 14.5. The average Bonchev–Trinajstić information content (AvgIpc) is 2.76. The van der Waals surface area contributed by atoms with Gasteiger partial charge in [-0.1, -0.05) is 0 Å². The maximum atomic E-state index is 11.8. The monoisotopic (exact) mass is 265 g/mol. The average molecular weight is 265 g/mol. The van der Waals surface area contributed by atoms with Crippen LogP contribution in [0.2, 0.25) is 0 Å². The van der Waals surface area contributed by atoms with Gasteiger partial charge in [0.1, 0.15) is 12.3 Å². The molecule has 0 radical (unpaired) electrons. The molecule has 0 spiro atoms. The number of hydrogen-bond donors (Lipinski definition) is 3. The Kier molecular flexibility index (Phi) is 3.55. The van der Waals surface area contributed by atoms with Gasteiger partial charge in [-0.25, -0.2) is 5.43 Å². The number of nitrogens with zero attached hydrogens (tertiary/aromatic N) is 3. The Morgan fingerprint density at radius 3 is 2.89 bits per heavy atom. The zero-order valence-corrected chi connectivity index (χ0v) is 9.79. The molecule has 0 bridgehead atoms. The lowest BCUT2D eigenvalue weighted by Crippen LogP contribution is -2.32. The van der Waals surface area contributed by atoms with E-state index in [2.05, 4.69) is 20.9 Å². The molecule has 0 saturated heterocycles. The number of aromatic nitrogens is 2. The van der Waals surface area contributed by atoms with Crippen LogP contribution < -0.4 is 10.7 Å². The Bertz CT molecular complexity index is 562. The van der Waals surface area contributed by atoms with Crippen molar-refractivity contribution in [2.45, 2.75) is 19.4 Å². The summed E-state index contributed by atoms with van der Waals surface area (Å²) >= 11 is 0. The first-order valence-corrected chi connectivity index (χ1v) is 5.45. The topological polar surface area (TPSA) is 126 Å². The van der Waals surface area contributed by atoms with Crippen molar-refractivity contribution in [3.05, 3.63) is 12.4 Å². The van der Waals surface area contributed by atoms with Crippen LogP contribution in [0.25, 0.3) is 0 Å². The highest BCUT2D eigenvalue weighted by Crippen LogP contribution is 2.07. The summed E-state index contributed by atoms with van der Waals surface area (Å²) in [6, 6.07) is 0. The number of nitrogens with one attached hydrogen (secondary N) is 2. The Labute approximate surface area is 107 Å². The molecule has 2 amide bonds. The van der Waals surface area contributed by atoms with Gasteiger partial charge in [0, 0.05) is 19.0 Å². The molecule has 0 saturated carbocycles. The lowest BCUT2D eigenvalue weighted by molar-refractivity contribution is -0.137. The summed E-state index contributed by atoms with van der Waals surface area (Å²) in [4.78, 5) is 33.1. The van der Waals surface area contributed by atoms with E-state index < -0.39 is 11.9 Å². The number of carboxylic acids is 1. The second-order valence-electron chi connectivity index (χ2n) is 3.87. The van der Waals surface area contributed by atoms with E-state index in [-0.39, 0.29) is 31.0 Å². The van der Waals surface area contributed by atoms with Crippen molar-refractivity contribution in [1.29, 1.82) is 0 Å². The molecule has 19 heavy (non-hydrogen) atoms. The lowest BCUT2D eigenvalue weighted by atomic mass is 10.1. The summed E-state index contributed by atoms with van der Waals surface area (Å²) in [6.07, 6.45) is 3.21. The predicted molar refractivity (Wildman–Crippen MR) is 63.3 cm³/mol. The van der Waals surface area contributed by atoms with Gasteiger partial charge in [-0.3, -0.25) is 19.1 Å². The van der Waals surface area contributed by atoms with Crippen molar-refractivity contribution < 1.29 is 19.5 Å². The number of carbonyl (C=O) groups excluding carboxylic acids is 2. The summed E-state index contributed by atoms with van der Waals surface area (Å²) in [5, 5.41) is 18.5. The standard InChI is InChI=1S/C10H11N5O4/c16-8-2-1-7(13-14-8)10(19)12-6-3-11-15(4-6)5-9(17)18/h3-4H,1-2,5H2,(H,12,19)(H,14,16)(H,17,18). The highest BCUT2D eigenvalue weighted by atomic mass is 16.4. The van der Waals surface area contributed by atoms with E-state index in [0.29, 0.717) is 5.69 Å². The van der Waals surface area contributed by atoms with Crippen LogP contribution in [0.1, 0.15) is 12.8 Å². The number of carbonyl (C=O) groups is 3. The summed E-state index contributed by atoms with van der Waals surface area (Å²) in [5.74, 6) is -1.71. The van der Waals surface area contributed by atoms with Crippen LogP contribution in [-0.2, 0) is 20.9 Å². The molecule has 0 aliphatic carbocycles. The molecule has 1 aliphatic heterocycles. The number of aliphatic carboxylic acids is 1. The number of amides is 2. The molecule has 100 valence electrons. The summed E-state index contributed by atoms with van der Waals surface area (Å²) < 4.78 is 1.18. The quantitative estimate of drug-likeness (QED) is 0.655. The van der Waals surface area contributed by atoms with Gasteiger partial charge < -0.3 is 10.4 Å².